The van der Waals surface area contributed by atoms with Crippen LogP contribution in [0.3, 0.4) is 0 Å². The smallest absolute Gasteiger partial charge is 0.449 e. The molecule has 156 valence electrons. The van der Waals surface area contributed by atoms with Crippen molar-refractivity contribution in [1.82, 2.24) is 0 Å². The Morgan fingerprint density at radius 1 is 1.26 bits per heavy atom. The van der Waals surface area contributed by atoms with Crippen molar-refractivity contribution >= 4 is 5.97 Å². The number of ether oxygens (including phenoxy) is 3. The van der Waals surface area contributed by atoms with E-state index in [2.05, 4.69) is 11.3 Å². The van der Waals surface area contributed by atoms with Gasteiger partial charge in [-0.25, -0.2) is 4.79 Å². The number of rotatable bonds is 4. The van der Waals surface area contributed by atoms with E-state index >= 15 is 0 Å². The van der Waals surface area contributed by atoms with Gasteiger partial charge in [0.1, 0.15) is 12.7 Å². The maximum absolute atomic E-state index is 14.7. The van der Waals surface area contributed by atoms with E-state index in [4.69, 9.17) is 9.47 Å². The first-order valence-corrected chi connectivity index (χ1v) is 8.61. The van der Waals surface area contributed by atoms with Crippen LogP contribution >= 0.6 is 0 Å². The lowest BCUT2D eigenvalue weighted by Crippen LogP contribution is -2.74. The van der Waals surface area contributed by atoms with E-state index in [9.17, 15) is 31.9 Å². The third-order valence-electron chi connectivity index (χ3n) is 4.83. The van der Waals surface area contributed by atoms with Crippen molar-refractivity contribution in [2.75, 3.05) is 6.61 Å². The lowest BCUT2D eigenvalue weighted by atomic mass is 9.80. The second-order valence-electron chi connectivity index (χ2n) is 7.29. The summed E-state index contributed by atoms with van der Waals surface area (Å²) < 4.78 is 84.0. The molecule has 1 heterocycles. The molecule has 0 spiro atoms. The van der Waals surface area contributed by atoms with Crippen LogP contribution in [0.4, 0.5) is 22.0 Å². The Hall–Kier alpha value is -1.26. The van der Waals surface area contributed by atoms with E-state index in [-0.39, 0.29) is 18.4 Å². The first-order valence-electron chi connectivity index (χ1n) is 8.61. The van der Waals surface area contributed by atoms with E-state index < -0.39 is 48.3 Å². The van der Waals surface area contributed by atoms with Crippen molar-refractivity contribution in [1.29, 1.82) is 0 Å². The molecule has 27 heavy (non-hydrogen) atoms. The number of hydrogen-bond donors (Lipinski definition) is 1. The van der Waals surface area contributed by atoms with Crippen LogP contribution in [0.15, 0.2) is 12.2 Å². The zero-order valence-corrected chi connectivity index (χ0v) is 15.1. The maximum atomic E-state index is 14.7. The van der Waals surface area contributed by atoms with Gasteiger partial charge >= 0.3 is 23.9 Å². The summed E-state index contributed by atoms with van der Waals surface area (Å²) in [6, 6.07) is 0. The predicted molar refractivity (Wildman–Crippen MR) is 82.7 cm³/mol. The molecule has 0 amide bonds. The molecule has 10 heteroatoms. The summed E-state index contributed by atoms with van der Waals surface area (Å²) >= 11 is 0. The zero-order chi connectivity index (χ0) is 20.7. The van der Waals surface area contributed by atoms with Gasteiger partial charge in [0.05, 0.1) is 0 Å². The Morgan fingerprint density at radius 3 is 2.30 bits per heavy atom. The highest BCUT2D eigenvalue weighted by Crippen LogP contribution is 2.54. The Balaban J connectivity index is 2.37. The van der Waals surface area contributed by atoms with Crippen LogP contribution in [-0.2, 0) is 19.0 Å². The first kappa shape index (κ1) is 22.0. The highest BCUT2D eigenvalue weighted by Gasteiger charge is 2.79. The maximum Gasteiger partial charge on any atom is 0.449 e. The normalized spacial score (nSPS) is 34.9. The SMILES string of the molecule is C=C(C)C(=O)OCC1(C)OC(C2CCCCC2)C(F)(F)C(O)(C(F)(F)F)O1. The molecular weight excluding hydrogens is 379 g/mol. The van der Waals surface area contributed by atoms with Gasteiger partial charge in [-0.3, -0.25) is 0 Å². The predicted octanol–water partition coefficient (Wildman–Crippen LogP) is 3.70. The number of aliphatic hydroxyl groups is 1. The molecule has 3 atom stereocenters. The molecule has 1 N–H and O–H groups in total. The van der Waals surface area contributed by atoms with Gasteiger partial charge in [-0.2, -0.15) is 22.0 Å². The molecule has 2 rings (SSSR count). The molecule has 0 bridgehead atoms. The second-order valence-corrected chi connectivity index (χ2v) is 7.29. The van der Waals surface area contributed by atoms with Crippen molar-refractivity contribution in [2.45, 2.75) is 75.7 Å². The van der Waals surface area contributed by atoms with Crippen molar-refractivity contribution < 1.29 is 46.1 Å². The van der Waals surface area contributed by atoms with Gasteiger partial charge in [0, 0.05) is 5.57 Å². The topological polar surface area (TPSA) is 65.0 Å². The highest BCUT2D eigenvalue weighted by molar-refractivity contribution is 5.86. The summed E-state index contributed by atoms with van der Waals surface area (Å²) in [4.78, 5) is 11.5. The van der Waals surface area contributed by atoms with Gasteiger partial charge in [-0.15, -0.1) is 0 Å². The molecule has 2 fully saturated rings. The van der Waals surface area contributed by atoms with Crippen LogP contribution in [-0.4, -0.2) is 47.5 Å². The van der Waals surface area contributed by atoms with Crippen LogP contribution in [0, 0.1) is 5.92 Å². The van der Waals surface area contributed by atoms with Gasteiger partial charge in [0.2, 0.25) is 5.79 Å². The standard InChI is InChI=1S/C17H23F5O5/c1-10(2)13(23)25-9-14(3)26-12(11-7-5-4-6-8-11)15(18,19)16(24,27-14)17(20,21)22/h11-12,24H,1,4-9H2,2-3H3. The van der Waals surface area contributed by atoms with Crippen molar-refractivity contribution in [3.63, 3.8) is 0 Å². The lowest BCUT2D eigenvalue weighted by Gasteiger charge is -2.52. The van der Waals surface area contributed by atoms with Crippen molar-refractivity contribution in [3.8, 4) is 0 Å². The fourth-order valence-corrected chi connectivity index (χ4v) is 3.40. The van der Waals surface area contributed by atoms with E-state index in [1.165, 1.54) is 6.92 Å². The molecule has 1 saturated carbocycles. The van der Waals surface area contributed by atoms with Crippen molar-refractivity contribution in [2.24, 2.45) is 5.92 Å². The van der Waals surface area contributed by atoms with E-state index in [1.807, 2.05) is 0 Å². The number of esters is 1. The monoisotopic (exact) mass is 402 g/mol. The number of hydrogen-bond acceptors (Lipinski definition) is 5. The van der Waals surface area contributed by atoms with Gasteiger partial charge in [0.15, 0.2) is 0 Å². The van der Waals surface area contributed by atoms with Crippen LogP contribution < -0.4 is 0 Å². The summed E-state index contributed by atoms with van der Waals surface area (Å²) in [6.45, 7) is 4.62. The summed E-state index contributed by atoms with van der Waals surface area (Å²) in [6.07, 6.45) is -5.67. The number of carbonyl (C=O) groups excluding carboxylic acids is 1. The molecule has 1 aliphatic carbocycles. The van der Waals surface area contributed by atoms with Gasteiger partial charge < -0.3 is 19.3 Å². The third kappa shape index (κ3) is 4.12. The minimum atomic E-state index is -5.80. The number of alkyl halides is 5. The van der Waals surface area contributed by atoms with Gasteiger partial charge in [0.25, 0.3) is 0 Å². The molecule has 5 nitrogen and oxygen atoms in total. The molecule has 1 aliphatic heterocycles. The van der Waals surface area contributed by atoms with Crippen LogP contribution in [0.25, 0.3) is 0 Å². The summed E-state index contributed by atoms with van der Waals surface area (Å²) in [7, 11) is 0. The highest BCUT2D eigenvalue weighted by atomic mass is 19.4. The lowest BCUT2D eigenvalue weighted by molar-refractivity contribution is -0.532. The molecule has 1 saturated heterocycles. The first-order chi connectivity index (χ1) is 12.2. The van der Waals surface area contributed by atoms with Crippen molar-refractivity contribution in [3.05, 3.63) is 12.2 Å². The van der Waals surface area contributed by atoms with Gasteiger partial charge in [-0.1, -0.05) is 25.8 Å². The minimum absolute atomic E-state index is 0.0466. The number of carbonyl (C=O) groups is 1. The van der Waals surface area contributed by atoms with Crippen LogP contribution in [0.5, 0.6) is 0 Å². The Bertz CT molecular complexity index is 587. The zero-order valence-electron chi connectivity index (χ0n) is 15.1. The second kappa shape index (κ2) is 7.29. The summed E-state index contributed by atoms with van der Waals surface area (Å²) in [5.41, 5.74) is -0.0466. The third-order valence-corrected chi connectivity index (χ3v) is 4.83. The van der Waals surface area contributed by atoms with E-state index in [0.717, 1.165) is 13.3 Å². The largest absolute Gasteiger partial charge is 0.457 e. The molecule has 3 unspecified atom stereocenters. The molecule has 2 aliphatic rings. The minimum Gasteiger partial charge on any atom is -0.457 e. The average Bonchev–Trinajstić information content (AvgIpc) is 2.56. The Kier molecular flexibility index (Phi) is 5.95. The van der Waals surface area contributed by atoms with E-state index in [0.29, 0.717) is 12.8 Å². The molecule has 0 radical (unpaired) electrons. The quantitative estimate of drug-likeness (QED) is 0.441. The summed E-state index contributed by atoms with van der Waals surface area (Å²) in [5, 5.41) is 9.91. The molecular formula is C17H23F5O5. The molecule has 0 aromatic heterocycles. The molecule has 0 aromatic carbocycles. The average molecular weight is 402 g/mol. The van der Waals surface area contributed by atoms with Gasteiger partial charge in [-0.05, 0) is 32.6 Å². The molecule has 0 aromatic rings. The summed E-state index contributed by atoms with van der Waals surface area (Å²) in [5.74, 6) is -13.8. The van der Waals surface area contributed by atoms with Crippen LogP contribution in [0.2, 0.25) is 0 Å². The van der Waals surface area contributed by atoms with E-state index in [1.54, 1.807) is 0 Å². The fourth-order valence-electron chi connectivity index (χ4n) is 3.40. The fraction of sp³-hybridized carbons (Fsp3) is 0.824. The Morgan fingerprint density at radius 2 is 1.81 bits per heavy atom. The van der Waals surface area contributed by atoms with Crippen LogP contribution in [0.1, 0.15) is 46.0 Å². The number of halogens is 5. The Labute approximate surface area is 153 Å².